The minimum absolute atomic E-state index is 0.103. The van der Waals surface area contributed by atoms with Crippen LogP contribution in [0, 0.1) is 0 Å². The van der Waals surface area contributed by atoms with Crippen LogP contribution in [0.1, 0.15) is 30.6 Å². The molecule has 2 heterocycles. The highest BCUT2D eigenvalue weighted by molar-refractivity contribution is 6.31. The molecular weight excluding hydrogens is 442 g/mol. The first-order chi connectivity index (χ1) is 16.0. The van der Waals surface area contributed by atoms with Gasteiger partial charge in [0, 0.05) is 18.0 Å². The Hall–Kier alpha value is -3.58. The van der Waals surface area contributed by atoms with Gasteiger partial charge in [0.05, 0.1) is 30.3 Å². The van der Waals surface area contributed by atoms with E-state index in [9.17, 15) is 14.4 Å². The second-order valence-corrected chi connectivity index (χ2v) is 8.15. The van der Waals surface area contributed by atoms with E-state index in [-0.39, 0.29) is 30.2 Å². The summed E-state index contributed by atoms with van der Waals surface area (Å²) in [6.45, 7) is 0.827. The number of para-hydroxylation sites is 1. The lowest BCUT2D eigenvalue weighted by molar-refractivity contribution is -0.121. The standard InChI is InChI=1S/C25H24ClN3O4/c26-21-11-3-1-8-18(21)17-29-22-12-4-2-10-20(22)24(31)28(25(29)32)14-6-5-13-23(30)27-16-19-9-7-15-33-19/h1-4,7-12,15H,5-6,13-14,16-17H2,(H,27,30). The Morgan fingerprint density at radius 2 is 1.73 bits per heavy atom. The van der Waals surface area contributed by atoms with Crippen molar-refractivity contribution >= 4 is 28.4 Å². The number of benzene rings is 2. The van der Waals surface area contributed by atoms with E-state index in [1.807, 2.05) is 18.2 Å². The Morgan fingerprint density at radius 3 is 2.52 bits per heavy atom. The monoisotopic (exact) mass is 465 g/mol. The molecule has 0 saturated carbocycles. The van der Waals surface area contributed by atoms with Crippen molar-refractivity contribution in [1.29, 1.82) is 0 Å². The predicted octanol–water partition coefficient (Wildman–Crippen LogP) is 3.94. The number of halogens is 1. The minimum Gasteiger partial charge on any atom is -0.467 e. The summed E-state index contributed by atoms with van der Waals surface area (Å²) in [5.74, 6) is 0.582. The maximum Gasteiger partial charge on any atom is 0.331 e. The van der Waals surface area contributed by atoms with E-state index >= 15 is 0 Å². The molecule has 0 bridgehead atoms. The Kier molecular flexibility index (Phi) is 7.10. The van der Waals surface area contributed by atoms with Gasteiger partial charge in [0.15, 0.2) is 0 Å². The molecule has 0 unspecified atom stereocenters. The molecule has 1 N–H and O–H groups in total. The van der Waals surface area contributed by atoms with Crippen LogP contribution >= 0.6 is 11.6 Å². The van der Waals surface area contributed by atoms with Crippen LogP contribution in [-0.4, -0.2) is 15.0 Å². The van der Waals surface area contributed by atoms with Crippen LogP contribution in [0.2, 0.25) is 5.02 Å². The molecule has 2 aromatic heterocycles. The van der Waals surface area contributed by atoms with Crippen molar-refractivity contribution in [1.82, 2.24) is 14.5 Å². The van der Waals surface area contributed by atoms with E-state index in [0.717, 1.165) is 5.56 Å². The molecule has 0 aliphatic rings. The number of amides is 1. The van der Waals surface area contributed by atoms with Gasteiger partial charge in [-0.2, -0.15) is 0 Å². The molecule has 1 amide bonds. The van der Waals surface area contributed by atoms with Gasteiger partial charge >= 0.3 is 5.69 Å². The third kappa shape index (κ3) is 5.26. The fraction of sp³-hybridized carbons (Fsp3) is 0.240. The summed E-state index contributed by atoms with van der Waals surface area (Å²) in [6, 6.07) is 18.0. The number of carbonyl (C=O) groups excluding carboxylic acids is 1. The molecule has 0 radical (unpaired) electrons. The van der Waals surface area contributed by atoms with Gasteiger partial charge in [-0.05, 0) is 48.7 Å². The second-order valence-electron chi connectivity index (χ2n) is 7.75. The van der Waals surface area contributed by atoms with Gasteiger partial charge < -0.3 is 9.73 Å². The Balaban J connectivity index is 1.49. The van der Waals surface area contributed by atoms with Gasteiger partial charge in [-0.3, -0.25) is 18.7 Å². The summed E-state index contributed by atoms with van der Waals surface area (Å²) >= 11 is 6.31. The fourth-order valence-corrected chi connectivity index (χ4v) is 3.96. The van der Waals surface area contributed by atoms with Gasteiger partial charge in [0.25, 0.3) is 5.56 Å². The molecule has 0 aliphatic heterocycles. The lowest BCUT2D eigenvalue weighted by Gasteiger charge is -2.15. The Bertz CT molecular complexity index is 1370. The first-order valence-electron chi connectivity index (χ1n) is 10.8. The zero-order valence-corrected chi connectivity index (χ0v) is 18.8. The van der Waals surface area contributed by atoms with Gasteiger partial charge in [0.1, 0.15) is 5.76 Å². The number of fused-ring (bicyclic) bond motifs is 1. The van der Waals surface area contributed by atoms with Gasteiger partial charge in [-0.15, -0.1) is 0 Å². The van der Waals surface area contributed by atoms with Crippen LogP contribution in [-0.2, 0) is 24.4 Å². The molecular formula is C25H24ClN3O4. The topological polar surface area (TPSA) is 86.2 Å². The molecule has 0 fully saturated rings. The summed E-state index contributed by atoms with van der Waals surface area (Å²) < 4.78 is 8.02. The Labute approximate surface area is 195 Å². The summed E-state index contributed by atoms with van der Waals surface area (Å²) in [4.78, 5) is 38.3. The smallest absolute Gasteiger partial charge is 0.331 e. The van der Waals surface area contributed by atoms with E-state index in [1.54, 1.807) is 53.3 Å². The van der Waals surface area contributed by atoms with Crippen molar-refractivity contribution in [3.63, 3.8) is 0 Å². The minimum atomic E-state index is -0.388. The number of rotatable bonds is 9. The maximum atomic E-state index is 13.3. The van der Waals surface area contributed by atoms with Crippen LogP contribution in [0.4, 0.5) is 0 Å². The molecule has 0 spiro atoms. The number of nitrogens with zero attached hydrogens (tertiary/aromatic N) is 2. The number of aromatic nitrogens is 2. The first kappa shape index (κ1) is 22.6. The molecule has 7 nitrogen and oxygen atoms in total. The quantitative estimate of drug-likeness (QED) is 0.379. The summed E-state index contributed by atoms with van der Waals surface area (Å²) in [5.41, 5.74) is 0.653. The van der Waals surface area contributed by atoms with Gasteiger partial charge in [-0.1, -0.05) is 41.9 Å². The molecule has 0 saturated heterocycles. The molecule has 0 aliphatic carbocycles. The molecule has 8 heteroatoms. The van der Waals surface area contributed by atoms with E-state index in [1.165, 1.54) is 4.57 Å². The number of furan rings is 1. The largest absolute Gasteiger partial charge is 0.467 e. The number of hydrogen-bond acceptors (Lipinski definition) is 4. The van der Waals surface area contributed by atoms with Crippen molar-refractivity contribution in [2.45, 2.75) is 38.9 Å². The molecule has 0 atom stereocenters. The van der Waals surface area contributed by atoms with Crippen LogP contribution < -0.4 is 16.6 Å². The molecule has 170 valence electrons. The van der Waals surface area contributed by atoms with Crippen LogP contribution in [0.5, 0.6) is 0 Å². The van der Waals surface area contributed by atoms with Crippen molar-refractivity contribution in [3.05, 3.63) is 104 Å². The third-order valence-corrected chi connectivity index (χ3v) is 5.86. The number of carbonyl (C=O) groups is 1. The molecule has 33 heavy (non-hydrogen) atoms. The third-order valence-electron chi connectivity index (χ3n) is 5.49. The van der Waals surface area contributed by atoms with Crippen LogP contribution in [0.25, 0.3) is 10.9 Å². The lowest BCUT2D eigenvalue weighted by Crippen LogP contribution is -2.40. The molecule has 4 aromatic rings. The second kappa shape index (κ2) is 10.4. The highest BCUT2D eigenvalue weighted by atomic mass is 35.5. The van der Waals surface area contributed by atoms with E-state index < -0.39 is 0 Å². The SMILES string of the molecule is O=C(CCCCn1c(=O)c2ccccc2n(Cc2ccccc2Cl)c1=O)NCc1ccco1. The van der Waals surface area contributed by atoms with E-state index in [2.05, 4.69) is 5.32 Å². The fourth-order valence-electron chi connectivity index (χ4n) is 3.76. The summed E-state index contributed by atoms with van der Waals surface area (Å²) in [6.07, 6.45) is 2.93. The van der Waals surface area contributed by atoms with Crippen molar-refractivity contribution < 1.29 is 9.21 Å². The zero-order chi connectivity index (χ0) is 23.2. The normalized spacial score (nSPS) is 11.1. The number of unbranched alkanes of at least 4 members (excludes halogenated alkanes) is 1. The Morgan fingerprint density at radius 1 is 0.939 bits per heavy atom. The highest BCUT2D eigenvalue weighted by Gasteiger charge is 2.14. The summed E-state index contributed by atoms with van der Waals surface area (Å²) in [5, 5.41) is 3.83. The maximum absolute atomic E-state index is 13.3. The highest BCUT2D eigenvalue weighted by Crippen LogP contribution is 2.17. The average molecular weight is 466 g/mol. The van der Waals surface area contributed by atoms with Crippen LogP contribution in [0.3, 0.4) is 0 Å². The van der Waals surface area contributed by atoms with Gasteiger partial charge in [-0.25, -0.2) is 4.79 Å². The number of hydrogen-bond donors (Lipinski definition) is 1. The van der Waals surface area contributed by atoms with Crippen molar-refractivity contribution in [2.24, 2.45) is 0 Å². The summed E-state index contributed by atoms with van der Waals surface area (Å²) in [7, 11) is 0. The lowest BCUT2D eigenvalue weighted by atomic mass is 10.2. The van der Waals surface area contributed by atoms with Gasteiger partial charge in [0.2, 0.25) is 5.91 Å². The zero-order valence-electron chi connectivity index (χ0n) is 18.0. The van der Waals surface area contributed by atoms with E-state index in [0.29, 0.717) is 47.5 Å². The van der Waals surface area contributed by atoms with Crippen molar-refractivity contribution in [2.75, 3.05) is 0 Å². The molecule has 2 aromatic carbocycles. The molecule has 4 rings (SSSR count). The average Bonchev–Trinajstić information content (AvgIpc) is 3.35. The predicted molar refractivity (Wildman–Crippen MR) is 127 cm³/mol. The number of nitrogens with one attached hydrogen (secondary N) is 1. The first-order valence-corrected chi connectivity index (χ1v) is 11.2. The van der Waals surface area contributed by atoms with Crippen LogP contribution in [0.15, 0.2) is 80.9 Å². The van der Waals surface area contributed by atoms with Crippen molar-refractivity contribution in [3.8, 4) is 0 Å². The van der Waals surface area contributed by atoms with E-state index in [4.69, 9.17) is 16.0 Å².